The van der Waals surface area contributed by atoms with E-state index in [1.54, 1.807) is 29.2 Å². The minimum absolute atomic E-state index is 0.156. The number of fused-ring (bicyclic) bond motifs is 1. The fourth-order valence-electron chi connectivity index (χ4n) is 3.46. The van der Waals surface area contributed by atoms with Gasteiger partial charge >= 0.3 is 0 Å². The highest BCUT2D eigenvalue weighted by Gasteiger charge is 2.27. The molecule has 2 heterocycles. The Hall–Kier alpha value is -3.54. The number of benzene rings is 2. The van der Waals surface area contributed by atoms with Crippen LogP contribution >= 0.6 is 0 Å². The maximum absolute atomic E-state index is 12.6. The average molecular weight is 404 g/mol. The number of ether oxygens (including phenoxy) is 1. The third-order valence-electron chi connectivity index (χ3n) is 5.09. The second kappa shape index (κ2) is 8.86. The van der Waals surface area contributed by atoms with Crippen LogP contribution in [0.5, 0.6) is 5.75 Å². The average Bonchev–Trinajstić information content (AvgIpc) is 3.44. The lowest BCUT2D eigenvalue weighted by molar-refractivity contribution is 0.0962. The van der Waals surface area contributed by atoms with Crippen LogP contribution in [0, 0.1) is 0 Å². The van der Waals surface area contributed by atoms with E-state index in [0.717, 1.165) is 36.3 Å². The molecule has 154 valence electrons. The zero-order valence-electron chi connectivity index (χ0n) is 16.9. The standard InChI is InChI=1S/C24H24N2O4/c1-2-3-14-29-20-9-6-17(7-10-20)23(27)25-19-8-11-21-18(16-19)12-13-26(21)24(28)22-5-4-15-30-22/h4-11,15-16H,2-3,12-14H2,1H3,(H,25,27). The molecule has 1 aromatic heterocycles. The van der Waals surface area contributed by atoms with Crippen molar-refractivity contribution in [2.45, 2.75) is 26.2 Å². The second-order valence-electron chi connectivity index (χ2n) is 7.21. The van der Waals surface area contributed by atoms with E-state index in [-0.39, 0.29) is 11.8 Å². The number of hydrogen-bond donors (Lipinski definition) is 1. The predicted octanol–water partition coefficient (Wildman–Crippen LogP) is 4.91. The fraction of sp³-hybridized carbons (Fsp3) is 0.250. The van der Waals surface area contributed by atoms with Crippen LogP contribution < -0.4 is 15.0 Å². The van der Waals surface area contributed by atoms with Gasteiger partial charge in [-0.25, -0.2) is 0 Å². The third kappa shape index (κ3) is 4.22. The summed E-state index contributed by atoms with van der Waals surface area (Å²) in [5.41, 5.74) is 3.14. The highest BCUT2D eigenvalue weighted by atomic mass is 16.5. The van der Waals surface area contributed by atoms with Crippen molar-refractivity contribution in [1.82, 2.24) is 0 Å². The first kappa shape index (κ1) is 19.8. The van der Waals surface area contributed by atoms with Crippen LogP contribution in [0.4, 0.5) is 11.4 Å². The monoisotopic (exact) mass is 404 g/mol. The summed E-state index contributed by atoms with van der Waals surface area (Å²) in [5, 5.41) is 2.93. The van der Waals surface area contributed by atoms with E-state index < -0.39 is 0 Å². The molecule has 4 rings (SSSR count). The van der Waals surface area contributed by atoms with Gasteiger partial charge in [0.25, 0.3) is 11.8 Å². The Balaban J connectivity index is 1.41. The molecule has 0 radical (unpaired) electrons. The molecule has 0 aliphatic carbocycles. The van der Waals surface area contributed by atoms with Crippen molar-refractivity contribution >= 4 is 23.2 Å². The summed E-state index contributed by atoms with van der Waals surface area (Å²) in [6.45, 7) is 3.38. The molecule has 0 bridgehead atoms. The van der Waals surface area contributed by atoms with Gasteiger partial charge in [0.05, 0.1) is 12.9 Å². The Bertz CT molecular complexity index is 1030. The van der Waals surface area contributed by atoms with Crippen molar-refractivity contribution in [1.29, 1.82) is 0 Å². The van der Waals surface area contributed by atoms with E-state index in [1.807, 2.05) is 30.3 Å². The van der Waals surface area contributed by atoms with Gasteiger partial charge in [-0.1, -0.05) is 13.3 Å². The Kier molecular flexibility index (Phi) is 5.84. The molecule has 6 nitrogen and oxygen atoms in total. The van der Waals surface area contributed by atoms with Crippen molar-refractivity contribution < 1.29 is 18.7 Å². The molecular weight excluding hydrogens is 380 g/mol. The maximum Gasteiger partial charge on any atom is 0.293 e. The number of furan rings is 1. The van der Waals surface area contributed by atoms with Gasteiger partial charge in [-0.3, -0.25) is 9.59 Å². The van der Waals surface area contributed by atoms with E-state index in [4.69, 9.17) is 9.15 Å². The Morgan fingerprint density at radius 3 is 2.70 bits per heavy atom. The highest BCUT2D eigenvalue weighted by molar-refractivity contribution is 6.07. The Morgan fingerprint density at radius 2 is 1.97 bits per heavy atom. The number of rotatable bonds is 7. The van der Waals surface area contributed by atoms with Crippen molar-refractivity contribution in [3.8, 4) is 5.75 Å². The quantitative estimate of drug-likeness (QED) is 0.568. The normalized spacial score (nSPS) is 12.5. The highest BCUT2D eigenvalue weighted by Crippen LogP contribution is 2.32. The van der Waals surface area contributed by atoms with Crippen molar-refractivity contribution in [3.63, 3.8) is 0 Å². The van der Waals surface area contributed by atoms with E-state index >= 15 is 0 Å². The largest absolute Gasteiger partial charge is 0.494 e. The van der Waals surface area contributed by atoms with Crippen LogP contribution in [0.25, 0.3) is 0 Å². The number of carbonyl (C=O) groups is 2. The molecule has 2 aromatic carbocycles. The number of amides is 2. The summed E-state index contributed by atoms with van der Waals surface area (Å²) in [5.74, 6) is 0.745. The molecule has 0 atom stereocenters. The molecule has 1 aliphatic heterocycles. The van der Waals surface area contributed by atoms with Gasteiger partial charge in [-0.05, 0) is 73.0 Å². The number of anilines is 2. The summed E-state index contributed by atoms with van der Waals surface area (Å²) < 4.78 is 10.9. The van der Waals surface area contributed by atoms with Crippen molar-refractivity contribution in [3.05, 3.63) is 77.7 Å². The summed E-state index contributed by atoms with van der Waals surface area (Å²) >= 11 is 0. The molecular formula is C24H24N2O4. The number of hydrogen-bond acceptors (Lipinski definition) is 4. The molecule has 0 unspecified atom stereocenters. The van der Waals surface area contributed by atoms with Crippen molar-refractivity contribution in [2.24, 2.45) is 0 Å². The summed E-state index contributed by atoms with van der Waals surface area (Å²) in [6.07, 6.45) is 4.31. The van der Waals surface area contributed by atoms with Crippen LogP contribution in [0.1, 0.15) is 46.2 Å². The molecule has 0 fully saturated rings. The number of unbranched alkanes of at least 4 members (excludes halogenated alkanes) is 1. The second-order valence-corrected chi connectivity index (χ2v) is 7.21. The minimum atomic E-state index is -0.184. The molecule has 2 amide bonds. The van der Waals surface area contributed by atoms with Gasteiger partial charge in [0, 0.05) is 23.5 Å². The first-order valence-corrected chi connectivity index (χ1v) is 10.2. The van der Waals surface area contributed by atoms with E-state index in [9.17, 15) is 9.59 Å². The number of nitrogens with one attached hydrogen (secondary N) is 1. The maximum atomic E-state index is 12.6. The van der Waals surface area contributed by atoms with E-state index in [2.05, 4.69) is 12.2 Å². The molecule has 0 saturated carbocycles. The molecule has 3 aromatic rings. The lowest BCUT2D eigenvalue weighted by atomic mass is 10.1. The van der Waals surface area contributed by atoms with Gasteiger partial charge < -0.3 is 19.4 Å². The number of carbonyl (C=O) groups excluding carboxylic acids is 2. The third-order valence-corrected chi connectivity index (χ3v) is 5.09. The zero-order valence-corrected chi connectivity index (χ0v) is 16.9. The Morgan fingerprint density at radius 1 is 1.13 bits per heavy atom. The number of nitrogens with zero attached hydrogens (tertiary/aromatic N) is 1. The van der Waals surface area contributed by atoms with Crippen LogP contribution in [-0.2, 0) is 6.42 Å². The van der Waals surface area contributed by atoms with Gasteiger partial charge in [-0.2, -0.15) is 0 Å². The lowest BCUT2D eigenvalue weighted by Crippen LogP contribution is -2.28. The van der Waals surface area contributed by atoms with E-state index in [1.165, 1.54) is 6.26 Å². The van der Waals surface area contributed by atoms with Crippen LogP contribution in [0.15, 0.2) is 65.3 Å². The first-order chi connectivity index (χ1) is 14.7. The molecule has 1 aliphatic rings. The predicted molar refractivity (Wildman–Crippen MR) is 115 cm³/mol. The molecule has 6 heteroatoms. The smallest absolute Gasteiger partial charge is 0.293 e. The summed E-state index contributed by atoms with van der Waals surface area (Å²) in [7, 11) is 0. The Labute approximate surface area is 175 Å². The van der Waals surface area contributed by atoms with Gasteiger partial charge in [0.15, 0.2) is 5.76 Å². The first-order valence-electron chi connectivity index (χ1n) is 10.2. The summed E-state index contributed by atoms with van der Waals surface area (Å²) in [4.78, 5) is 26.9. The van der Waals surface area contributed by atoms with Crippen LogP contribution in [0.2, 0.25) is 0 Å². The van der Waals surface area contributed by atoms with Crippen LogP contribution in [-0.4, -0.2) is 25.0 Å². The van der Waals surface area contributed by atoms with Gasteiger partial charge in [-0.15, -0.1) is 0 Å². The molecule has 0 saturated heterocycles. The minimum Gasteiger partial charge on any atom is -0.494 e. The fourth-order valence-corrected chi connectivity index (χ4v) is 3.46. The van der Waals surface area contributed by atoms with Crippen molar-refractivity contribution in [2.75, 3.05) is 23.4 Å². The molecule has 0 spiro atoms. The van der Waals surface area contributed by atoms with Gasteiger partial charge in [0.1, 0.15) is 5.75 Å². The SMILES string of the molecule is CCCCOc1ccc(C(=O)Nc2ccc3c(c2)CCN3C(=O)c2ccco2)cc1. The summed E-state index contributed by atoms with van der Waals surface area (Å²) in [6, 6.07) is 16.1. The lowest BCUT2D eigenvalue weighted by Gasteiger charge is -2.16. The molecule has 1 N–H and O–H groups in total. The van der Waals surface area contributed by atoms with Gasteiger partial charge in [0.2, 0.25) is 0 Å². The van der Waals surface area contributed by atoms with E-state index in [0.29, 0.717) is 30.2 Å². The zero-order chi connectivity index (χ0) is 20.9. The van der Waals surface area contributed by atoms with Crippen LogP contribution in [0.3, 0.4) is 0 Å². The topological polar surface area (TPSA) is 71.8 Å². The molecule has 30 heavy (non-hydrogen) atoms.